The van der Waals surface area contributed by atoms with Gasteiger partial charge in [0, 0.05) is 6.54 Å². The average Bonchev–Trinajstić information content (AvgIpc) is 2.92. The van der Waals surface area contributed by atoms with Gasteiger partial charge in [0.15, 0.2) is 0 Å². The van der Waals surface area contributed by atoms with Gasteiger partial charge in [-0.15, -0.1) is 0 Å². The highest BCUT2D eigenvalue weighted by Gasteiger charge is 2.23. The number of aryl methyl sites for hydroxylation is 2. The van der Waals surface area contributed by atoms with Crippen molar-refractivity contribution in [2.24, 2.45) is 5.92 Å². The van der Waals surface area contributed by atoms with Crippen molar-refractivity contribution in [1.29, 1.82) is 0 Å². The van der Waals surface area contributed by atoms with Gasteiger partial charge in [0.1, 0.15) is 5.75 Å². The number of hydrogen-bond donors (Lipinski definition) is 1. The van der Waals surface area contributed by atoms with Gasteiger partial charge in [0.2, 0.25) is 0 Å². The van der Waals surface area contributed by atoms with Crippen molar-refractivity contribution in [2.45, 2.75) is 39.7 Å². The quantitative estimate of drug-likeness (QED) is 0.898. The molecule has 2 unspecified atom stereocenters. The molecule has 1 fully saturated rings. The minimum absolute atomic E-state index is 0.250. The van der Waals surface area contributed by atoms with Crippen molar-refractivity contribution in [3.05, 3.63) is 28.8 Å². The second-order valence-corrected chi connectivity index (χ2v) is 6.11. The van der Waals surface area contributed by atoms with Crippen molar-refractivity contribution in [3.63, 3.8) is 0 Å². The Morgan fingerprint density at radius 2 is 1.85 bits per heavy atom. The van der Waals surface area contributed by atoms with Crippen LogP contribution in [0.15, 0.2) is 12.1 Å². The van der Waals surface area contributed by atoms with Gasteiger partial charge in [-0.1, -0.05) is 6.92 Å². The van der Waals surface area contributed by atoms with Gasteiger partial charge >= 0.3 is 0 Å². The molecule has 1 aromatic carbocycles. The third-order valence-electron chi connectivity index (χ3n) is 4.39. The van der Waals surface area contributed by atoms with Crippen LogP contribution in [0.2, 0.25) is 0 Å². The largest absolute Gasteiger partial charge is 0.496 e. The smallest absolute Gasteiger partial charge is 0.122 e. The SMILES string of the molecule is COc1cc(C)c(C(O)C(C)CN2CCCC2)cc1C. The van der Waals surface area contributed by atoms with Crippen LogP contribution in [-0.2, 0) is 0 Å². The Bertz CT molecular complexity index is 453. The molecule has 112 valence electrons. The Morgan fingerprint density at radius 3 is 2.45 bits per heavy atom. The van der Waals surface area contributed by atoms with Gasteiger partial charge in [-0.25, -0.2) is 0 Å². The molecule has 0 aromatic heterocycles. The molecule has 1 aliphatic heterocycles. The van der Waals surface area contributed by atoms with E-state index < -0.39 is 6.10 Å². The number of nitrogens with zero attached hydrogens (tertiary/aromatic N) is 1. The summed E-state index contributed by atoms with van der Waals surface area (Å²) in [6.07, 6.45) is 2.19. The van der Waals surface area contributed by atoms with Crippen molar-refractivity contribution < 1.29 is 9.84 Å². The van der Waals surface area contributed by atoms with Gasteiger partial charge in [-0.05, 0) is 74.5 Å². The van der Waals surface area contributed by atoms with Gasteiger partial charge in [0.05, 0.1) is 13.2 Å². The summed E-state index contributed by atoms with van der Waals surface area (Å²) >= 11 is 0. The summed E-state index contributed by atoms with van der Waals surface area (Å²) in [5.74, 6) is 1.14. The molecular weight excluding hydrogens is 250 g/mol. The van der Waals surface area contributed by atoms with E-state index in [1.165, 1.54) is 25.9 Å². The maximum atomic E-state index is 10.7. The first-order chi connectivity index (χ1) is 9.52. The molecule has 1 saturated heterocycles. The summed E-state index contributed by atoms with van der Waals surface area (Å²) < 4.78 is 5.34. The summed E-state index contributed by atoms with van der Waals surface area (Å²) in [7, 11) is 1.69. The minimum Gasteiger partial charge on any atom is -0.496 e. The molecule has 0 radical (unpaired) electrons. The van der Waals surface area contributed by atoms with Gasteiger partial charge in [0.25, 0.3) is 0 Å². The second kappa shape index (κ2) is 6.59. The molecular formula is C17H27NO2. The lowest BCUT2D eigenvalue weighted by Gasteiger charge is -2.26. The van der Waals surface area contributed by atoms with Crippen molar-refractivity contribution in [2.75, 3.05) is 26.7 Å². The third kappa shape index (κ3) is 3.33. The van der Waals surface area contributed by atoms with E-state index in [1.54, 1.807) is 7.11 Å². The van der Waals surface area contributed by atoms with Crippen LogP contribution in [0.25, 0.3) is 0 Å². The number of hydrogen-bond acceptors (Lipinski definition) is 3. The molecule has 0 spiro atoms. The van der Waals surface area contributed by atoms with Crippen LogP contribution >= 0.6 is 0 Å². The van der Waals surface area contributed by atoms with Gasteiger partial charge in [-0.3, -0.25) is 0 Å². The van der Waals surface area contributed by atoms with Crippen LogP contribution < -0.4 is 4.74 Å². The molecule has 0 aliphatic carbocycles. The first kappa shape index (κ1) is 15.3. The van der Waals surface area contributed by atoms with Gasteiger partial charge in [-0.2, -0.15) is 0 Å². The van der Waals surface area contributed by atoms with Crippen LogP contribution in [0.5, 0.6) is 5.75 Å². The predicted molar refractivity (Wildman–Crippen MR) is 82.3 cm³/mol. The molecule has 0 amide bonds. The molecule has 0 saturated carbocycles. The molecule has 1 aliphatic rings. The number of likely N-dealkylation sites (tertiary alicyclic amines) is 1. The molecule has 1 N–H and O–H groups in total. The Kier molecular flexibility index (Phi) is 5.06. The molecule has 0 bridgehead atoms. The molecule has 2 rings (SSSR count). The predicted octanol–water partition coefficient (Wildman–Crippen LogP) is 3.08. The van der Waals surface area contributed by atoms with Crippen LogP contribution in [-0.4, -0.2) is 36.8 Å². The Balaban J connectivity index is 2.11. The second-order valence-electron chi connectivity index (χ2n) is 6.11. The highest BCUT2D eigenvalue weighted by atomic mass is 16.5. The lowest BCUT2D eigenvalue weighted by Crippen LogP contribution is -2.28. The zero-order valence-corrected chi connectivity index (χ0v) is 13.1. The summed E-state index contributed by atoms with van der Waals surface area (Å²) in [5, 5.41) is 10.7. The lowest BCUT2D eigenvalue weighted by atomic mass is 9.92. The van der Waals surface area contributed by atoms with E-state index >= 15 is 0 Å². The van der Waals surface area contributed by atoms with E-state index in [4.69, 9.17) is 4.74 Å². The van der Waals surface area contributed by atoms with E-state index in [0.29, 0.717) is 0 Å². The third-order valence-corrected chi connectivity index (χ3v) is 4.39. The van der Waals surface area contributed by atoms with Crippen LogP contribution in [0, 0.1) is 19.8 Å². The maximum Gasteiger partial charge on any atom is 0.122 e. The fourth-order valence-electron chi connectivity index (χ4n) is 3.13. The van der Waals surface area contributed by atoms with Crippen molar-refractivity contribution in [3.8, 4) is 5.75 Å². The number of aliphatic hydroxyl groups excluding tert-OH is 1. The summed E-state index contributed by atoms with van der Waals surface area (Å²) in [6.45, 7) is 9.55. The first-order valence-corrected chi connectivity index (χ1v) is 7.58. The number of benzene rings is 1. The average molecular weight is 277 g/mol. The van der Waals surface area contributed by atoms with E-state index in [2.05, 4.69) is 17.9 Å². The van der Waals surface area contributed by atoms with Gasteiger partial charge < -0.3 is 14.7 Å². The molecule has 3 heteroatoms. The minimum atomic E-state index is -0.403. The topological polar surface area (TPSA) is 32.7 Å². The summed E-state index contributed by atoms with van der Waals surface area (Å²) in [5.41, 5.74) is 3.23. The van der Waals surface area contributed by atoms with Crippen molar-refractivity contribution in [1.82, 2.24) is 4.90 Å². The number of ether oxygens (including phenoxy) is 1. The van der Waals surface area contributed by atoms with Crippen LogP contribution in [0.3, 0.4) is 0 Å². The highest BCUT2D eigenvalue weighted by molar-refractivity contribution is 5.42. The molecule has 1 heterocycles. The normalized spacial score (nSPS) is 19.1. The number of aliphatic hydroxyl groups is 1. The van der Waals surface area contributed by atoms with Crippen molar-refractivity contribution >= 4 is 0 Å². The Hall–Kier alpha value is -1.06. The number of rotatable bonds is 5. The summed E-state index contributed by atoms with van der Waals surface area (Å²) in [6, 6.07) is 4.09. The van der Waals surface area contributed by atoms with E-state index in [0.717, 1.165) is 29.0 Å². The number of methoxy groups -OCH3 is 1. The molecule has 1 aromatic rings. The Morgan fingerprint density at radius 1 is 1.20 bits per heavy atom. The summed E-state index contributed by atoms with van der Waals surface area (Å²) in [4.78, 5) is 2.46. The molecule has 2 atom stereocenters. The monoisotopic (exact) mass is 277 g/mol. The van der Waals surface area contributed by atoms with E-state index in [1.807, 2.05) is 19.9 Å². The maximum absolute atomic E-state index is 10.7. The fourth-order valence-corrected chi connectivity index (χ4v) is 3.13. The van der Waals surface area contributed by atoms with E-state index in [-0.39, 0.29) is 5.92 Å². The zero-order valence-electron chi connectivity index (χ0n) is 13.1. The van der Waals surface area contributed by atoms with Crippen LogP contribution in [0.1, 0.15) is 42.6 Å². The highest BCUT2D eigenvalue weighted by Crippen LogP contribution is 2.31. The standard InChI is InChI=1S/C17H27NO2/c1-12-10-16(20-4)13(2)9-15(12)17(19)14(3)11-18-7-5-6-8-18/h9-10,14,17,19H,5-8,11H2,1-4H3. The van der Waals surface area contributed by atoms with E-state index in [9.17, 15) is 5.11 Å². The van der Waals surface area contributed by atoms with Crippen LogP contribution in [0.4, 0.5) is 0 Å². The molecule has 3 nitrogen and oxygen atoms in total. The lowest BCUT2D eigenvalue weighted by molar-refractivity contribution is 0.0939. The Labute approximate surface area is 122 Å². The first-order valence-electron chi connectivity index (χ1n) is 7.58. The zero-order chi connectivity index (χ0) is 14.7. The molecule has 20 heavy (non-hydrogen) atoms. The fraction of sp³-hybridized carbons (Fsp3) is 0.647.